The topological polar surface area (TPSA) is 22.1 Å². The fourth-order valence-corrected chi connectivity index (χ4v) is 2.51. The Morgan fingerprint density at radius 2 is 2.38 bits per heavy atom. The van der Waals surface area contributed by atoms with E-state index >= 15 is 0 Å². The zero-order valence-corrected chi connectivity index (χ0v) is 10.4. The summed E-state index contributed by atoms with van der Waals surface area (Å²) >= 11 is 5.87. The summed E-state index contributed by atoms with van der Waals surface area (Å²) in [7, 11) is 0. The van der Waals surface area contributed by atoms with Gasteiger partial charge in [-0.3, -0.25) is 4.98 Å². The van der Waals surface area contributed by atoms with Gasteiger partial charge < -0.3 is 4.74 Å². The highest BCUT2D eigenvalue weighted by atomic mass is 35.5. The molecule has 1 saturated carbocycles. The third-order valence-electron chi connectivity index (χ3n) is 3.20. The zero-order chi connectivity index (χ0) is 11.4. The molecule has 88 valence electrons. The third-order valence-corrected chi connectivity index (χ3v) is 3.48. The van der Waals surface area contributed by atoms with Gasteiger partial charge in [-0.05, 0) is 31.2 Å². The lowest BCUT2D eigenvalue weighted by molar-refractivity contribution is 0.128. The third kappa shape index (κ3) is 2.88. The molecule has 2 nitrogen and oxygen atoms in total. The predicted molar refractivity (Wildman–Crippen MR) is 65.8 cm³/mol. The molecule has 1 fully saturated rings. The highest BCUT2D eigenvalue weighted by Gasteiger charge is 2.20. The van der Waals surface area contributed by atoms with Crippen molar-refractivity contribution < 1.29 is 4.74 Å². The Balaban J connectivity index is 2.02. The van der Waals surface area contributed by atoms with Gasteiger partial charge in [-0.2, -0.15) is 0 Å². The molecule has 0 aromatic carbocycles. The Morgan fingerprint density at radius 1 is 1.50 bits per heavy atom. The summed E-state index contributed by atoms with van der Waals surface area (Å²) in [4.78, 5) is 4.09. The van der Waals surface area contributed by atoms with E-state index in [0.717, 1.165) is 30.1 Å². The molecule has 0 saturated heterocycles. The molecule has 1 heterocycles. The molecule has 1 aliphatic rings. The van der Waals surface area contributed by atoms with E-state index in [-0.39, 0.29) is 0 Å². The predicted octanol–water partition coefficient (Wildman–Crippen LogP) is 3.78. The van der Waals surface area contributed by atoms with Crippen LogP contribution in [0, 0.1) is 5.92 Å². The first-order valence-electron chi connectivity index (χ1n) is 5.95. The summed E-state index contributed by atoms with van der Waals surface area (Å²) in [5, 5.41) is 0. The van der Waals surface area contributed by atoms with E-state index < -0.39 is 0 Å². The molecular formula is C13H18ClNO. The van der Waals surface area contributed by atoms with E-state index in [0.29, 0.717) is 12.0 Å². The summed E-state index contributed by atoms with van der Waals surface area (Å²) in [6, 6.07) is 1.93. The highest BCUT2D eigenvalue weighted by molar-refractivity contribution is 6.17. The van der Waals surface area contributed by atoms with Gasteiger partial charge in [0.1, 0.15) is 5.75 Å². The monoisotopic (exact) mass is 239 g/mol. The molecule has 0 bridgehead atoms. The molecule has 0 aliphatic heterocycles. The number of rotatable bonds is 3. The second-order valence-corrected chi connectivity index (χ2v) is 4.90. The standard InChI is InChI=1S/C13H18ClNO/c1-10-3-2-4-12(7-10)16-13-9-15-6-5-11(13)8-14/h5-6,9-10,12H,2-4,7-8H2,1H3. The van der Waals surface area contributed by atoms with Crippen LogP contribution in [0.15, 0.2) is 18.5 Å². The molecule has 16 heavy (non-hydrogen) atoms. The van der Waals surface area contributed by atoms with Crippen molar-refractivity contribution in [2.45, 2.75) is 44.6 Å². The van der Waals surface area contributed by atoms with Crippen LogP contribution in [0.5, 0.6) is 5.75 Å². The van der Waals surface area contributed by atoms with Crippen molar-refractivity contribution in [2.24, 2.45) is 5.92 Å². The Bertz CT molecular complexity index is 342. The molecule has 1 aromatic heterocycles. The van der Waals surface area contributed by atoms with Crippen LogP contribution in [0.3, 0.4) is 0 Å². The van der Waals surface area contributed by atoms with Crippen molar-refractivity contribution in [3.63, 3.8) is 0 Å². The van der Waals surface area contributed by atoms with E-state index in [1.807, 2.05) is 6.07 Å². The Labute approximate surface area is 102 Å². The van der Waals surface area contributed by atoms with Crippen LogP contribution in [0.1, 0.15) is 38.2 Å². The Kier molecular flexibility index (Phi) is 4.05. The largest absolute Gasteiger partial charge is 0.488 e. The first kappa shape index (κ1) is 11.7. The van der Waals surface area contributed by atoms with Crippen LogP contribution in [0.4, 0.5) is 0 Å². The minimum absolute atomic E-state index is 0.343. The van der Waals surface area contributed by atoms with Crippen molar-refractivity contribution in [3.8, 4) is 5.75 Å². The van der Waals surface area contributed by atoms with Crippen molar-refractivity contribution in [1.82, 2.24) is 4.98 Å². The first-order chi connectivity index (χ1) is 7.79. The van der Waals surface area contributed by atoms with Gasteiger partial charge in [0, 0.05) is 11.8 Å². The van der Waals surface area contributed by atoms with Gasteiger partial charge in [-0.15, -0.1) is 11.6 Å². The number of halogens is 1. The van der Waals surface area contributed by atoms with Crippen LogP contribution < -0.4 is 4.74 Å². The SMILES string of the molecule is CC1CCCC(Oc2cnccc2CCl)C1. The van der Waals surface area contributed by atoms with Gasteiger partial charge in [0.25, 0.3) is 0 Å². The number of nitrogens with zero attached hydrogens (tertiary/aromatic N) is 1. The van der Waals surface area contributed by atoms with Gasteiger partial charge in [0.2, 0.25) is 0 Å². The number of aromatic nitrogens is 1. The number of hydrogen-bond acceptors (Lipinski definition) is 2. The minimum Gasteiger partial charge on any atom is -0.488 e. The molecule has 3 heteroatoms. The average molecular weight is 240 g/mol. The normalized spacial score (nSPS) is 25.4. The molecule has 0 N–H and O–H groups in total. The average Bonchev–Trinajstić information content (AvgIpc) is 2.30. The van der Waals surface area contributed by atoms with Crippen LogP contribution in [0.25, 0.3) is 0 Å². The first-order valence-corrected chi connectivity index (χ1v) is 6.48. The van der Waals surface area contributed by atoms with Gasteiger partial charge in [0.15, 0.2) is 0 Å². The number of pyridine rings is 1. The molecule has 2 rings (SSSR count). The molecule has 2 unspecified atom stereocenters. The van der Waals surface area contributed by atoms with Crippen molar-refractivity contribution in [3.05, 3.63) is 24.0 Å². The smallest absolute Gasteiger partial charge is 0.142 e. The Hall–Kier alpha value is -0.760. The molecule has 1 aliphatic carbocycles. The lowest BCUT2D eigenvalue weighted by Gasteiger charge is -2.27. The van der Waals surface area contributed by atoms with E-state index in [4.69, 9.17) is 16.3 Å². The maximum absolute atomic E-state index is 6.00. The summed E-state index contributed by atoms with van der Waals surface area (Å²) in [6.45, 7) is 2.29. The second kappa shape index (κ2) is 5.53. The van der Waals surface area contributed by atoms with E-state index in [9.17, 15) is 0 Å². The molecule has 2 atom stereocenters. The molecular weight excluding hydrogens is 222 g/mol. The van der Waals surface area contributed by atoms with Crippen molar-refractivity contribution in [2.75, 3.05) is 0 Å². The number of alkyl halides is 1. The maximum atomic E-state index is 6.00. The van der Waals surface area contributed by atoms with E-state index in [1.54, 1.807) is 12.4 Å². The lowest BCUT2D eigenvalue weighted by atomic mass is 9.89. The van der Waals surface area contributed by atoms with Crippen LogP contribution in [-0.4, -0.2) is 11.1 Å². The summed E-state index contributed by atoms with van der Waals surface area (Å²) < 4.78 is 6.00. The quantitative estimate of drug-likeness (QED) is 0.749. The zero-order valence-electron chi connectivity index (χ0n) is 9.66. The van der Waals surface area contributed by atoms with Crippen LogP contribution in [0.2, 0.25) is 0 Å². The second-order valence-electron chi connectivity index (χ2n) is 4.63. The van der Waals surface area contributed by atoms with Gasteiger partial charge in [0.05, 0.1) is 18.2 Å². The summed E-state index contributed by atoms with van der Waals surface area (Å²) in [5.74, 6) is 2.12. The van der Waals surface area contributed by atoms with E-state index in [1.165, 1.54) is 12.8 Å². The fourth-order valence-electron chi connectivity index (χ4n) is 2.29. The summed E-state index contributed by atoms with van der Waals surface area (Å²) in [5.41, 5.74) is 1.04. The van der Waals surface area contributed by atoms with E-state index in [2.05, 4.69) is 11.9 Å². The van der Waals surface area contributed by atoms with Gasteiger partial charge in [-0.25, -0.2) is 0 Å². The highest BCUT2D eigenvalue weighted by Crippen LogP contribution is 2.28. The van der Waals surface area contributed by atoms with Gasteiger partial charge in [-0.1, -0.05) is 13.3 Å². The van der Waals surface area contributed by atoms with Crippen LogP contribution in [-0.2, 0) is 5.88 Å². The molecule has 0 amide bonds. The molecule has 0 spiro atoms. The van der Waals surface area contributed by atoms with Crippen molar-refractivity contribution >= 4 is 11.6 Å². The summed E-state index contributed by atoms with van der Waals surface area (Å²) in [6.07, 6.45) is 8.77. The maximum Gasteiger partial charge on any atom is 0.142 e. The van der Waals surface area contributed by atoms with Crippen LogP contribution >= 0.6 is 11.6 Å². The lowest BCUT2D eigenvalue weighted by Crippen LogP contribution is -2.24. The fraction of sp³-hybridized carbons (Fsp3) is 0.615. The Morgan fingerprint density at radius 3 is 3.12 bits per heavy atom. The van der Waals surface area contributed by atoms with Gasteiger partial charge >= 0.3 is 0 Å². The minimum atomic E-state index is 0.343. The molecule has 0 radical (unpaired) electrons. The molecule has 1 aromatic rings. The number of ether oxygens (including phenoxy) is 1. The van der Waals surface area contributed by atoms with Crippen molar-refractivity contribution in [1.29, 1.82) is 0 Å². The number of hydrogen-bond donors (Lipinski definition) is 0.